The first-order valence-electron chi connectivity index (χ1n) is 9.58. The average Bonchev–Trinajstić information content (AvgIpc) is 2.70. The van der Waals surface area contributed by atoms with Gasteiger partial charge >= 0.3 is 0 Å². The highest BCUT2D eigenvalue weighted by Crippen LogP contribution is 2.23. The Balaban J connectivity index is 1.46. The van der Waals surface area contributed by atoms with E-state index in [0.717, 1.165) is 23.3 Å². The Morgan fingerprint density at radius 2 is 1.79 bits per heavy atom. The molecule has 0 aliphatic carbocycles. The number of aryl methyl sites for hydroxylation is 2. The maximum absolute atomic E-state index is 13.7. The van der Waals surface area contributed by atoms with Crippen molar-refractivity contribution in [2.45, 2.75) is 32.8 Å². The van der Waals surface area contributed by atoms with Crippen LogP contribution in [0.25, 0.3) is 0 Å². The van der Waals surface area contributed by atoms with Gasteiger partial charge in [0, 0.05) is 37.6 Å². The van der Waals surface area contributed by atoms with Gasteiger partial charge in [0.05, 0.1) is 6.54 Å². The SMILES string of the molecule is Cc1ccc(C(=O)NCC(=O)N2CCC(Oc3ccc(F)cc3F)CC2)cc1C. The first kappa shape index (κ1) is 20.8. The third-order valence-electron chi connectivity index (χ3n) is 5.15. The van der Waals surface area contributed by atoms with Gasteiger partial charge in [0.1, 0.15) is 11.9 Å². The quantitative estimate of drug-likeness (QED) is 0.834. The van der Waals surface area contributed by atoms with Crippen LogP contribution in [0.3, 0.4) is 0 Å². The van der Waals surface area contributed by atoms with E-state index < -0.39 is 11.6 Å². The van der Waals surface area contributed by atoms with Crippen LogP contribution in [0, 0.1) is 25.5 Å². The van der Waals surface area contributed by atoms with Crippen LogP contribution in [0.15, 0.2) is 36.4 Å². The van der Waals surface area contributed by atoms with Gasteiger partial charge < -0.3 is 15.0 Å². The molecule has 0 saturated carbocycles. The van der Waals surface area contributed by atoms with Gasteiger partial charge in [0.2, 0.25) is 5.91 Å². The molecule has 1 saturated heterocycles. The molecule has 0 bridgehead atoms. The zero-order valence-corrected chi connectivity index (χ0v) is 16.5. The first-order valence-corrected chi connectivity index (χ1v) is 9.58. The predicted molar refractivity (Wildman–Crippen MR) is 105 cm³/mol. The van der Waals surface area contributed by atoms with Crippen molar-refractivity contribution in [3.05, 3.63) is 64.7 Å². The molecular formula is C22H24F2N2O3. The molecule has 0 spiro atoms. The summed E-state index contributed by atoms with van der Waals surface area (Å²) < 4.78 is 32.3. The molecule has 29 heavy (non-hydrogen) atoms. The second kappa shape index (κ2) is 9.03. The first-order chi connectivity index (χ1) is 13.8. The lowest BCUT2D eigenvalue weighted by atomic mass is 10.1. The van der Waals surface area contributed by atoms with E-state index in [1.54, 1.807) is 17.0 Å². The summed E-state index contributed by atoms with van der Waals surface area (Å²) in [5.74, 6) is -1.84. The van der Waals surface area contributed by atoms with Crippen molar-refractivity contribution in [3.63, 3.8) is 0 Å². The summed E-state index contributed by atoms with van der Waals surface area (Å²) in [5.41, 5.74) is 2.64. The number of carbonyl (C=O) groups is 2. The zero-order valence-electron chi connectivity index (χ0n) is 16.5. The summed E-state index contributed by atoms with van der Waals surface area (Å²) in [5, 5.41) is 2.66. The molecule has 3 rings (SSSR count). The maximum atomic E-state index is 13.7. The molecule has 0 aromatic heterocycles. The molecule has 1 aliphatic rings. The molecule has 1 heterocycles. The molecule has 5 nitrogen and oxygen atoms in total. The van der Waals surface area contributed by atoms with Crippen LogP contribution >= 0.6 is 0 Å². The third-order valence-corrected chi connectivity index (χ3v) is 5.15. The van der Waals surface area contributed by atoms with E-state index in [4.69, 9.17) is 4.74 Å². The van der Waals surface area contributed by atoms with Gasteiger partial charge in [0.25, 0.3) is 5.91 Å². The van der Waals surface area contributed by atoms with Gasteiger partial charge in [0.15, 0.2) is 11.6 Å². The average molecular weight is 402 g/mol. The van der Waals surface area contributed by atoms with Crippen LogP contribution in [0.4, 0.5) is 8.78 Å². The van der Waals surface area contributed by atoms with E-state index in [-0.39, 0.29) is 30.2 Å². The fourth-order valence-corrected chi connectivity index (χ4v) is 3.23. The molecule has 1 fully saturated rings. The standard InChI is InChI=1S/C22H24F2N2O3/c1-14-3-4-16(11-15(14)2)22(28)25-13-21(27)26-9-7-18(8-10-26)29-20-6-5-17(23)12-19(20)24/h3-6,11-12,18H,7-10,13H2,1-2H3,(H,25,28). The maximum Gasteiger partial charge on any atom is 0.251 e. The lowest BCUT2D eigenvalue weighted by Gasteiger charge is -2.32. The summed E-state index contributed by atoms with van der Waals surface area (Å²) in [6, 6.07) is 8.61. The van der Waals surface area contributed by atoms with Crippen LogP contribution in [-0.4, -0.2) is 42.5 Å². The van der Waals surface area contributed by atoms with Gasteiger partial charge in [-0.3, -0.25) is 9.59 Å². The number of rotatable bonds is 5. The number of halogens is 2. The second-order valence-corrected chi connectivity index (χ2v) is 7.25. The summed E-state index contributed by atoms with van der Waals surface area (Å²) in [4.78, 5) is 26.3. The Bertz CT molecular complexity index is 909. The Labute approximate surface area is 168 Å². The van der Waals surface area contributed by atoms with E-state index in [2.05, 4.69) is 5.32 Å². The number of amides is 2. The van der Waals surface area contributed by atoms with Gasteiger partial charge in [-0.15, -0.1) is 0 Å². The highest BCUT2D eigenvalue weighted by atomic mass is 19.1. The van der Waals surface area contributed by atoms with E-state index in [0.29, 0.717) is 31.5 Å². The molecular weight excluding hydrogens is 378 g/mol. The minimum Gasteiger partial charge on any atom is -0.487 e. The van der Waals surface area contributed by atoms with Crippen molar-refractivity contribution in [1.29, 1.82) is 0 Å². The van der Waals surface area contributed by atoms with Gasteiger partial charge in [-0.2, -0.15) is 0 Å². The fourth-order valence-electron chi connectivity index (χ4n) is 3.23. The van der Waals surface area contributed by atoms with E-state index in [9.17, 15) is 18.4 Å². The molecule has 0 atom stereocenters. The van der Waals surface area contributed by atoms with Gasteiger partial charge in [-0.25, -0.2) is 8.78 Å². The molecule has 154 valence electrons. The van der Waals surface area contributed by atoms with Crippen LogP contribution < -0.4 is 10.1 Å². The fraction of sp³-hybridized carbons (Fsp3) is 0.364. The number of carbonyl (C=O) groups excluding carboxylic acids is 2. The number of hydrogen-bond acceptors (Lipinski definition) is 3. The Morgan fingerprint density at radius 1 is 1.07 bits per heavy atom. The van der Waals surface area contributed by atoms with Crippen molar-refractivity contribution in [1.82, 2.24) is 10.2 Å². The number of hydrogen-bond donors (Lipinski definition) is 1. The number of benzene rings is 2. The van der Waals surface area contributed by atoms with Crippen molar-refractivity contribution >= 4 is 11.8 Å². The van der Waals surface area contributed by atoms with Crippen LogP contribution in [0.2, 0.25) is 0 Å². The second-order valence-electron chi connectivity index (χ2n) is 7.25. The highest BCUT2D eigenvalue weighted by Gasteiger charge is 2.25. The monoisotopic (exact) mass is 402 g/mol. The summed E-state index contributed by atoms with van der Waals surface area (Å²) in [6.45, 7) is 4.72. The minimum absolute atomic E-state index is 0.0110. The highest BCUT2D eigenvalue weighted by molar-refractivity contribution is 5.96. The smallest absolute Gasteiger partial charge is 0.251 e. The normalized spacial score (nSPS) is 14.6. The minimum atomic E-state index is -0.738. The van der Waals surface area contributed by atoms with Gasteiger partial charge in [-0.1, -0.05) is 6.07 Å². The third kappa shape index (κ3) is 5.31. The molecule has 7 heteroatoms. The molecule has 2 aromatic rings. The van der Waals surface area contributed by atoms with Crippen LogP contribution in [-0.2, 0) is 4.79 Å². The Morgan fingerprint density at radius 3 is 2.45 bits per heavy atom. The molecule has 0 unspecified atom stereocenters. The number of nitrogens with zero attached hydrogens (tertiary/aromatic N) is 1. The Hall–Kier alpha value is -2.96. The summed E-state index contributed by atoms with van der Waals surface area (Å²) in [6.07, 6.45) is 0.825. The number of piperidine rings is 1. The van der Waals surface area contributed by atoms with E-state index in [1.165, 1.54) is 6.07 Å². The molecule has 2 amide bonds. The predicted octanol–water partition coefficient (Wildman–Crippen LogP) is 3.38. The molecule has 0 radical (unpaired) electrons. The van der Waals surface area contributed by atoms with Gasteiger partial charge in [-0.05, 0) is 49.2 Å². The van der Waals surface area contributed by atoms with Crippen LogP contribution in [0.5, 0.6) is 5.75 Å². The van der Waals surface area contributed by atoms with Crippen molar-refractivity contribution in [3.8, 4) is 5.75 Å². The molecule has 2 aromatic carbocycles. The largest absolute Gasteiger partial charge is 0.487 e. The van der Waals surface area contributed by atoms with Crippen molar-refractivity contribution in [2.75, 3.05) is 19.6 Å². The van der Waals surface area contributed by atoms with E-state index >= 15 is 0 Å². The lowest BCUT2D eigenvalue weighted by molar-refractivity contribution is -0.131. The number of likely N-dealkylation sites (tertiary alicyclic amines) is 1. The van der Waals surface area contributed by atoms with Crippen molar-refractivity contribution in [2.24, 2.45) is 0 Å². The van der Waals surface area contributed by atoms with Crippen molar-refractivity contribution < 1.29 is 23.1 Å². The molecule has 1 N–H and O–H groups in total. The summed E-state index contributed by atoms with van der Waals surface area (Å²) >= 11 is 0. The Kier molecular flexibility index (Phi) is 6.46. The zero-order chi connectivity index (χ0) is 21.0. The summed E-state index contributed by atoms with van der Waals surface area (Å²) in [7, 11) is 0. The van der Waals surface area contributed by atoms with E-state index in [1.807, 2.05) is 19.9 Å². The lowest BCUT2D eigenvalue weighted by Crippen LogP contribution is -2.46. The molecule has 1 aliphatic heterocycles. The number of nitrogens with one attached hydrogen (secondary N) is 1. The van der Waals surface area contributed by atoms with Crippen LogP contribution in [0.1, 0.15) is 34.3 Å². The number of ether oxygens (including phenoxy) is 1. The topological polar surface area (TPSA) is 58.6 Å².